The summed E-state index contributed by atoms with van der Waals surface area (Å²) in [4.78, 5) is 27.9. The molecule has 4 rings (SSSR count). The molecule has 0 unspecified atom stereocenters. The predicted octanol–water partition coefficient (Wildman–Crippen LogP) is 4.34. The molecule has 10 heteroatoms. The highest BCUT2D eigenvalue weighted by molar-refractivity contribution is 6.43. The number of hydrogen-bond donors (Lipinski definition) is 1. The molecule has 1 aliphatic rings. The first-order valence-corrected chi connectivity index (χ1v) is 12.3. The number of fused-ring (bicyclic) bond motifs is 1. The number of unbranched alkanes of at least 4 members (excludes halogenated alkanes) is 1. The van der Waals surface area contributed by atoms with Gasteiger partial charge in [0.05, 0.1) is 27.9 Å². The van der Waals surface area contributed by atoms with Crippen molar-refractivity contribution in [3.8, 4) is 5.75 Å². The molecule has 35 heavy (non-hydrogen) atoms. The Bertz CT molecular complexity index is 1240. The molecule has 0 radical (unpaired) electrons. The van der Waals surface area contributed by atoms with Crippen LogP contribution in [0.4, 0.5) is 10.5 Å². The van der Waals surface area contributed by atoms with E-state index in [0.29, 0.717) is 27.9 Å². The van der Waals surface area contributed by atoms with Crippen molar-refractivity contribution in [2.24, 2.45) is 5.73 Å². The number of carbonyl (C=O) groups excluding carboxylic acids is 1. The third kappa shape index (κ3) is 6.39. The fraction of sp³-hybridized carbons (Fsp3) is 0.360. The largest absolute Gasteiger partial charge is 0.494 e. The molecule has 2 heterocycles. The number of pyridine rings is 1. The van der Waals surface area contributed by atoms with Crippen molar-refractivity contribution in [1.82, 2.24) is 9.47 Å². The quantitative estimate of drug-likeness (QED) is 0.423. The van der Waals surface area contributed by atoms with Crippen molar-refractivity contribution in [2.45, 2.75) is 19.6 Å². The van der Waals surface area contributed by atoms with Crippen LogP contribution in [0.1, 0.15) is 12.8 Å². The van der Waals surface area contributed by atoms with Crippen LogP contribution in [0, 0.1) is 0 Å². The predicted molar refractivity (Wildman–Crippen MR) is 139 cm³/mol. The smallest absolute Gasteiger partial charge is 0.406 e. The molecule has 1 amide bonds. The number of ether oxygens (including phenoxy) is 2. The fourth-order valence-corrected chi connectivity index (χ4v) is 4.61. The van der Waals surface area contributed by atoms with Gasteiger partial charge in [0.2, 0.25) is 0 Å². The number of anilines is 1. The first kappa shape index (κ1) is 25.2. The number of nitrogens with two attached hydrogens (primary N) is 1. The summed E-state index contributed by atoms with van der Waals surface area (Å²) in [7, 11) is 0. The molecule has 0 spiro atoms. The second-order valence-electron chi connectivity index (χ2n) is 8.37. The third-order valence-electron chi connectivity index (χ3n) is 6.08. The Kier molecular flexibility index (Phi) is 8.38. The molecule has 0 aliphatic carbocycles. The van der Waals surface area contributed by atoms with Crippen molar-refractivity contribution in [1.29, 1.82) is 0 Å². The number of carbonyl (C=O) groups is 1. The Hall–Kier alpha value is -2.94. The summed E-state index contributed by atoms with van der Waals surface area (Å²) in [5, 5.41) is 2.04. The van der Waals surface area contributed by atoms with Crippen molar-refractivity contribution in [3.05, 3.63) is 68.9 Å². The lowest BCUT2D eigenvalue weighted by atomic mass is 10.2. The van der Waals surface area contributed by atoms with Crippen molar-refractivity contribution < 1.29 is 14.3 Å². The Morgan fingerprint density at radius 2 is 1.77 bits per heavy atom. The maximum atomic E-state index is 12.2. The molecule has 1 fully saturated rings. The summed E-state index contributed by atoms with van der Waals surface area (Å²) in [5.74, 6) is 0.655. The van der Waals surface area contributed by atoms with Gasteiger partial charge in [-0.15, -0.1) is 0 Å². The highest BCUT2D eigenvalue weighted by Crippen LogP contribution is 2.32. The molecule has 8 nitrogen and oxygen atoms in total. The summed E-state index contributed by atoms with van der Waals surface area (Å²) in [6.45, 7) is 5.09. The van der Waals surface area contributed by atoms with Crippen molar-refractivity contribution >= 4 is 45.9 Å². The van der Waals surface area contributed by atoms with Crippen LogP contribution in [0.3, 0.4) is 0 Å². The van der Waals surface area contributed by atoms with Gasteiger partial charge in [0.25, 0.3) is 5.56 Å². The van der Waals surface area contributed by atoms with E-state index in [-0.39, 0.29) is 12.3 Å². The molecule has 1 saturated heterocycles. The molecule has 2 N–H and O–H groups in total. The maximum Gasteiger partial charge on any atom is 0.406 e. The monoisotopic (exact) mass is 518 g/mol. The van der Waals surface area contributed by atoms with Crippen LogP contribution in [-0.2, 0) is 11.5 Å². The molecule has 186 valence electrons. The Morgan fingerprint density at radius 3 is 2.54 bits per heavy atom. The molecule has 0 saturated carbocycles. The van der Waals surface area contributed by atoms with Gasteiger partial charge >= 0.3 is 6.09 Å². The maximum absolute atomic E-state index is 12.2. The van der Waals surface area contributed by atoms with Gasteiger partial charge in [0.1, 0.15) is 5.75 Å². The lowest BCUT2D eigenvalue weighted by Crippen LogP contribution is -2.46. The summed E-state index contributed by atoms with van der Waals surface area (Å²) in [5.41, 5.74) is 6.37. The van der Waals surface area contributed by atoms with Gasteiger partial charge in [-0.1, -0.05) is 29.3 Å². The van der Waals surface area contributed by atoms with E-state index < -0.39 is 6.09 Å². The van der Waals surface area contributed by atoms with Crippen LogP contribution in [0.5, 0.6) is 5.75 Å². The third-order valence-corrected chi connectivity index (χ3v) is 6.89. The van der Waals surface area contributed by atoms with Gasteiger partial charge < -0.3 is 20.1 Å². The summed E-state index contributed by atoms with van der Waals surface area (Å²) in [6, 6.07) is 14.4. The summed E-state index contributed by atoms with van der Waals surface area (Å²) in [6.07, 6.45) is 0.990. The van der Waals surface area contributed by atoms with E-state index >= 15 is 0 Å². The van der Waals surface area contributed by atoms with E-state index in [9.17, 15) is 9.59 Å². The minimum Gasteiger partial charge on any atom is -0.494 e. The number of benzene rings is 2. The van der Waals surface area contributed by atoms with E-state index in [1.165, 1.54) is 10.6 Å². The number of rotatable bonds is 9. The second kappa shape index (κ2) is 11.7. The minimum atomic E-state index is -0.934. The Morgan fingerprint density at radius 1 is 1.00 bits per heavy atom. The zero-order chi connectivity index (χ0) is 24.8. The van der Waals surface area contributed by atoms with Crippen LogP contribution in [-0.4, -0.2) is 54.9 Å². The van der Waals surface area contributed by atoms with Crippen molar-refractivity contribution in [2.75, 3.05) is 44.2 Å². The number of hydrogen-bond acceptors (Lipinski definition) is 6. The SMILES string of the molecule is NC(=O)OCn1c(=O)ccc2ccc(OCCCCN3CCN(c4cccc(Cl)c4Cl)CC3)cc21. The summed E-state index contributed by atoms with van der Waals surface area (Å²) < 4.78 is 12.1. The Balaban J connectivity index is 1.23. The highest BCUT2D eigenvalue weighted by atomic mass is 35.5. The zero-order valence-electron chi connectivity index (χ0n) is 19.3. The first-order valence-electron chi connectivity index (χ1n) is 11.5. The van der Waals surface area contributed by atoms with Gasteiger partial charge in [-0.2, -0.15) is 0 Å². The van der Waals surface area contributed by atoms with Crippen molar-refractivity contribution in [3.63, 3.8) is 0 Å². The lowest BCUT2D eigenvalue weighted by Gasteiger charge is -2.36. The molecule has 1 aliphatic heterocycles. The molecule has 0 atom stereocenters. The van der Waals surface area contributed by atoms with E-state index in [1.54, 1.807) is 18.2 Å². The average Bonchev–Trinajstić information content (AvgIpc) is 2.85. The van der Waals surface area contributed by atoms with Crippen LogP contribution < -0.4 is 20.9 Å². The van der Waals surface area contributed by atoms with Crippen LogP contribution in [0.15, 0.2) is 53.3 Å². The Labute approximate surface area is 213 Å². The van der Waals surface area contributed by atoms with E-state index in [0.717, 1.165) is 56.6 Å². The van der Waals surface area contributed by atoms with Gasteiger partial charge in [-0.25, -0.2) is 4.79 Å². The van der Waals surface area contributed by atoms with Gasteiger partial charge in [0.15, 0.2) is 6.73 Å². The number of amides is 1. The number of halogens is 2. The van der Waals surface area contributed by atoms with E-state index in [1.807, 2.05) is 24.3 Å². The van der Waals surface area contributed by atoms with Gasteiger partial charge in [-0.05, 0) is 55.1 Å². The first-order chi connectivity index (χ1) is 16.9. The fourth-order valence-electron chi connectivity index (χ4n) is 4.20. The standard InChI is InChI=1S/C25H28Cl2N4O4/c26-20-4-3-5-21(24(20)27)30-13-11-29(12-14-30)10-1-2-15-34-19-8-6-18-7-9-23(32)31(22(18)16-19)17-35-25(28)33/h3-9,16H,1-2,10-15,17H2,(H2,28,33). The second-order valence-corrected chi connectivity index (χ2v) is 9.16. The molecular formula is C25H28Cl2N4O4. The average molecular weight is 519 g/mol. The zero-order valence-corrected chi connectivity index (χ0v) is 20.8. The van der Waals surface area contributed by atoms with Crippen LogP contribution in [0.2, 0.25) is 10.0 Å². The number of piperazine rings is 1. The van der Waals surface area contributed by atoms with Gasteiger partial charge in [0, 0.05) is 38.3 Å². The number of primary amides is 1. The topological polar surface area (TPSA) is 90.0 Å². The normalized spacial score (nSPS) is 14.3. The van der Waals surface area contributed by atoms with Gasteiger partial charge in [-0.3, -0.25) is 14.3 Å². The summed E-state index contributed by atoms with van der Waals surface area (Å²) >= 11 is 12.5. The highest BCUT2D eigenvalue weighted by Gasteiger charge is 2.19. The number of aromatic nitrogens is 1. The minimum absolute atomic E-state index is 0.244. The molecule has 2 aromatic carbocycles. The molecular weight excluding hydrogens is 491 g/mol. The van der Waals surface area contributed by atoms with E-state index in [4.69, 9.17) is 38.4 Å². The molecule has 1 aromatic heterocycles. The molecule has 3 aromatic rings. The lowest BCUT2D eigenvalue weighted by molar-refractivity contribution is 0.124. The number of nitrogens with zero attached hydrogens (tertiary/aromatic N) is 3. The van der Waals surface area contributed by atoms with Crippen LogP contribution in [0.25, 0.3) is 10.9 Å². The molecule has 0 bridgehead atoms. The van der Waals surface area contributed by atoms with E-state index in [2.05, 4.69) is 9.80 Å². The van der Waals surface area contributed by atoms with Crippen LogP contribution >= 0.6 is 23.2 Å².